The monoisotopic (exact) mass is 307 g/mol. The lowest BCUT2D eigenvalue weighted by atomic mass is 10.0. The van der Waals surface area contributed by atoms with E-state index in [4.69, 9.17) is 11.6 Å². The first kappa shape index (κ1) is 16.0. The molecule has 0 aliphatic rings. The lowest BCUT2D eigenvalue weighted by Crippen LogP contribution is -2.36. The molecule has 2 rings (SSSR count). The van der Waals surface area contributed by atoms with Crippen molar-refractivity contribution in [3.63, 3.8) is 0 Å². The summed E-state index contributed by atoms with van der Waals surface area (Å²) in [6, 6.07) is 14.6. The molecule has 0 saturated carbocycles. The zero-order chi connectivity index (χ0) is 15.2. The van der Waals surface area contributed by atoms with E-state index in [-0.39, 0.29) is 23.7 Å². The van der Waals surface area contributed by atoms with Crippen LogP contribution in [0, 0.1) is 5.82 Å². The fraction of sp³-hybridized carbons (Fsp3) is 0.294. The Hall–Kier alpha value is -1.42. The summed E-state index contributed by atoms with van der Waals surface area (Å²) in [7, 11) is 0. The van der Waals surface area contributed by atoms with Crippen LogP contribution in [0.3, 0.4) is 0 Å². The predicted molar refractivity (Wildman–Crippen MR) is 84.0 cm³/mol. The van der Waals surface area contributed by atoms with E-state index in [1.165, 1.54) is 6.07 Å². The summed E-state index contributed by atoms with van der Waals surface area (Å²) in [4.78, 5) is 0. The Balaban J connectivity index is 2.02. The maximum atomic E-state index is 13.2. The number of nitrogens with one attached hydrogen (secondary N) is 1. The van der Waals surface area contributed by atoms with Crippen LogP contribution in [0.15, 0.2) is 48.5 Å². The van der Waals surface area contributed by atoms with Crippen LogP contribution in [0.4, 0.5) is 4.39 Å². The second kappa shape index (κ2) is 7.55. The summed E-state index contributed by atoms with van der Waals surface area (Å²) in [5, 5.41) is 13.0. The molecule has 0 spiro atoms. The van der Waals surface area contributed by atoms with Gasteiger partial charge in [-0.05, 0) is 36.6 Å². The lowest BCUT2D eigenvalue weighted by molar-refractivity contribution is 0.232. The molecule has 0 aliphatic heterocycles. The summed E-state index contributed by atoms with van der Waals surface area (Å²) in [6.07, 6.45) is 0.733. The number of hydrogen-bond donors (Lipinski definition) is 2. The molecule has 0 radical (unpaired) electrons. The molecule has 0 aliphatic carbocycles. The van der Waals surface area contributed by atoms with E-state index in [1.807, 2.05) is 37.3 Å². The van der Waals surface area contributed by atoms with Gasteiger partial charge < -0.3 is 10.4 Å². The number of rotatable bonds is 6. The van der Waals surface area contributed by atoms with Crippen molar-refractivity contribution in [2.75, 3.05) is 6.61 Å². The molecule has 0 amide bonds. The summed E-state index contributed by atoms with van der Waals surface area (Å²) < 4.78 is 13.2. The third-order valence-electron chi connectivity index (χ3n) is 3.47. The summed E-state index contributed by atoms with van der Waals surface area (Å²) in [5.74, 6) is -0.421. The first-order chi connectivity index (χ1) is 10.1. The van der Waals surface area contributed by atoms with Crippen LogP contribution >= 0.6 is 11.6 Å². The minimum Gasteiger partial charge on any atom is -0.395 e. The van der Waals surface area contributed by atoms with Gasteiger partial charge in [0.05, 0.1) is 11.6 Å². The van der Waals surface area contributed by atoms with E-state index in [0.717, 1.165) is 17.5 Å². The molecule has 1 unspecified atom stereocenters. The molecule has 4 heteroatoms. The fourth-order valence-corrected chi connectivity index (χ4v) is 2.50. The molecule has 2 nitrogen and oxygen atoms in total. The van der Waals surface area contributed by atoms with Gasteiger partial charge in [0, 0.05) is 12.1 Å². The summed E-state index contributed by atoms with van der Waals surface area (Å²) in [6.45, 7) is 2.01. The van der Waals surface area contributed by atoms with Crippen molar-refractivity contribution in [3.8, 4) is 0 Å². The first-order valence-electron chi connectivity index (χ1n) is 6.96. The quantitative estimate of drug-likeness (QED) is 0.852. The minimum absolute atomic E-state index is 0.0241. The zero-order valence-corrected chi connectivity index (χ0v) is 12.6. The Bertz CT molecular complexity index is 576. The summed E-state index contributed by atoms with van der Waals surface area (Å²) >= 11 is 5.81. The molecule has 0 heterocycles. The normalized spacial score (nSPS) is 13.9. The number of halogens is 2. The molecule has 2 atom stereocenters. The van der Waals surface area contributed by atoms with E-state index < -0.39 is 5.82 Å². The number of aliphatic hydroxyl groups is 1. The molecule has 0 bridgehead atoms. The van der Waals surface area contributed by atoms with Crippen LogP contribution in [0.25, 0.3) is 0 Å². The molecule has 0 aromatic heterocycles. The van der Waals surface area contributed by atoms with E-state index >= 15 is 0 Å². The smallest absolute Gasteiger partial charge is 0.141 e. The third kappa shape index (κ3) is 4.53. The second-order valence-corrected chi connectivity index (χ2v) is 5.54. The molecule has 2 aromatic rings. The van der Waals surface area contributed by atoms with Crippen molar-refractivity contribution in [3.05, 3.63) is 70.5 Å². The van der Waals surface area contributed by atoms with Gasteiger partial charge >= 0.3 is 0 Å². The Morgan fingerprint density at radius 3 is 2.52 bits per heavy atom. The highest BCUT2D eigenvalue weighted by molar-refractivity contribution is 6.30. The van der Waals surface area contributed by atoms with Gasteiger partial charge in [0.1, 0.15) is 5.82 Å². The Kier molecular flexibility index (Phi) is 5.74. The average molecular weight is 308 g/mol. The molecular formula is C17H19ClFNO. The SMILES string of the molecule is CC(N[C@H](CO)Cc1ccccc1)c1ccc(F)c(Cl)c1. The molecule has 2 N–H and O–H groups in total. The molecule has 21 heavy (non-hydrogen) atoms. The van der Waals surface area contributed by atoms with Crippen LogP contribution in [0.2, 0.25) is 5.02 Å². The number of aliphatic hydroxyl groups excluding tert-OH is 1. The number of hydrogen-bond acceptors (Lipinski definition) is 2. The largest absolute Gasteiger partial charge is 0.395 e. The zero-order valence-electron chi connectivity index (χ0n) is 11.9. The van der Waals surface area contributed by atoms with Crippen LogP contribution < -0.4 is 5.32 Å². The van der Waals surface area contributed by atoms with Gasteiger partial charge in [-0.1, -0.05) is 48.0 Å². The van der Waals surface area contributed by atoms with Crippen LogP contribution in [-0.4, -0.2) is 17.8 Å². The van der Waals surface area contributed by atoms with E-state index in [9.17, 15) is 9.50 Å². The standard InChI is InChI=1S/C17H19ClFNO/c1-12(14-7-8-17(19)16(18)10-14)20-15(11-21)9-13-5-3-2-4-6-13/h2-8,10,12,15,20-21H,9,11H2,1H3/t12?,15-/m0/s1. The highest BCUT2D eigenvalue weighted by atomic mass is 35.5. The fourth-order valence-electron chi connectivity index (χ4n) is 2.31. The van der Waals surface area contributed by atoms with Gasteiger partial charge in [0.2, 0.25) is 0 Å². The first-order valence-corrected chi connectivity index (χ1v) is 7.33. The van der Waals surface area contributed by atoms with Gasteiger partial charge in [0.25, 0.3) is 0 Å². The summed E-state index contributed by atoms with van der Waals surface area (Å²) in [5.41, 5.74) is 2.06. The van der Waals surface area contributed by atoms with Gasteiger partial charge in [-0.2, -0.15) is 0 Å². The second-order valence-electron chi connectivity index (χ2n) is 5.13. The molecule has 0 fully saturated rings. The highest BCUT2D eigenvalue weighted by Crippen LogP contribution is 2.21. The van der Waals surface area contributed by atoms with Crippen molar-refractivity contribution >= 4 is 11.6 Å². The van der Waals surface area contributed by atoms with Crippen LogP contribution in [0.1, 0.15) is 24.1 Å². The van der Waals surface area contributed by atoms with Gasteiger partial charge in [-0.25, -0.2) is 4.39 Å². The lowest BCUT2D eigenvalue weighted by Gasteiger charge is -2.22. The van der Waals surface area contributed by atoms with Crippen molar-refractivity contribution in [1.29, 1.82) is 0 Å². The minimum atomic E-state index is -0.421. The van der Waals surface area contributed by atoms with Crippen molar-refractivity contribution < 1.29 is 9.50 Å². The van der Waals surface area contributed by atoms with E-state index in [1.54, 1.807) is 12.1 Å². The van der Waals surface area contributed by atoms with E-state index in [0.29, 0.717) is 0 Å². The molecule has 0 saturated heterocycles. The molecule has 112 valence electrons. The Morgan fingerprint density at radius 2 is 1.90 bits per heavy atom. The van der Waals surface area contributed by atoms with Crippen LogP contribution in [0.5, 0.6) is 0 Å². The molecular weight excluding hydrogens is 289 g/mol. The van der Waals surface area contributed by atoms with Gasteiger partial charge in [-0.15, -0.1) is 0 Å². The van der Waals surface area contributed by atoms with Gasteiger partial charge in [-0.3, -0.25) is 0 Å². The predicted octanol–water partition coefficient (Wildman–Crippen LogP) is 3.73. The molecule has 2 aromatic carbocycles. The van der Waals surface area contributed by atoms with Crippen LogP contribution in [-0.2, 0) is 6.42 Å². The third-order valence-corrected chi connectivity index (χ3v) is 3.76. The van der Waals surface area contributed by atoms with Crippen molar-refractivity contribution in [1.82, 2.24) is 5.32 Å². The number of benzene rings is 2. The maximum absolute atomic E-state index is 13.2. The highest BCUT2D eigenvalue weighted by Gasteiger charge is 2.14. The van der Waals surface area contributed by atoms with Crippen molar-refractivity contribution in [2.24, 2.45) is 0 Å². The average Bonchev–Trinajstić information content (AvgIpc) is 2.50. The van der Waals surface area contributed by atoms with Gasteiger partial charge in [0.15, 0.2) is 0 Å². The topological polar surface area (TPSA) is 32.3 Å². The van der Waals surface area contributed by atoms with Crippen molar-refractivity contribution in [2.45, 2.75) is 25.4 Å². The Morgan fingerprint density at radius 1 is 1.19 bits per heavy atom. The van der Waals surface area contributed by atoms with E-state index in [2.05, 4.69) is 5.32 Å². The maximum Gasteiger partial charge on any atom is 0.141 e. The Labute approximate surface area is 129 Å².